The summed E-state index contributed by atoms with van der Waals surface area (Å²) in [5.74, 6) is 1.71. The van der Waals surface area contributed by atoms with Gasteiger partial charge in [-0.3, -0.25) is 0 Å². The van der Waals surface area contributed by atoms with E-state index in [2.05, 4.69) is 48.6 Å². The summed E-state index contributed by atoms with van der Waals surface area (Å²) < 4.78 is 0. The van der Waals surface area contributed by atoms with E-state index in [1.807, 2.05) is 0 Å². The first kappa shape index (κ1) is 13.6. The molecule has 0 radical (unpaired) electrons. The summed E-state index contributed by atoms with van der Waals surface area (Å²) in [5, 5.41) is 0.357. The van der Waals surface area contributed by atoms with Gasteiger partial charge in [-0.25, -0.2) is 9.97 Å². The van der Waals surface area contributed by atoms with Crippen molar-refractivity contribution in [2.75, 3.05) is 18.0 Å². The van der Waals surface area contributed by atoms with E-state index < -0.39 is 0 Å². The molecule has 1 aliphatic heterocycles. The molecule has 18 heavy (non-hydrogen) atoms. The molecule has 1 aromatic rings. The summed E-state index contributed by atoms with van der Waals surface area (Å²) >= 11 is 6.06. The molecule has 0 saturated carbocycles. The Morgan fingerprint density at radius 2 is 2.06 bits per heavy atom. The molecule has 0 spiro atoms. The summed E-state index contributed by atoms with van der Waals surface area (Å²) in [4.78, 5) is 11.1. The zero-order valence-corrected chi connectivity index (χ0v) is 12.5. The lowest BCUT2D eigenvalue weighted by atomic mass is 9.92. The quantitative estimate of drug-likeness (QED) is 0.727. The van der Waals surface area contributed by atoms with E-state index in [4.69, 9.17) is 11.6 Å². The fourth-order valence-corrected chi connectivity index (χ4v) is 2.53. The number of hydrogen-bond acceptors (Lipinski definition) is 3. The fraction of sp³-hybridized carbons (Fsp3) is 0.714. The highest BCUT2D eigenvalue weighted by Crippen LogP contribution is 2.27. The van der Waals surface area contributed by atoms with Crippen LogP contribution < -0.4 is 4.90 Å². The van der Waals surface area contributed by atoms with E-state index in [1.165, 1.54) is 12.8 Å². The third-order valence-corrected chi connectivity index (χ3v) is 3.60. The molecule has 1 aliphatic rings. The molecule has 1 atom stereocenters. The lowest BCUT2D eigenvalue weighted by Gasteiger charge is -2.32. The normalized spacial score (nSPS) is 21.2. The number of nitrogens with zero attached hydrogens (tertiary/aromatic N) is 3. The molecule has 1 saturated heterocycles. The third-order valence-electron chi connectivity index (χ3n) is 3.43. The van der Waals surface area contributed by atoms with Gasteiger partial charge < -0.3 is 4.90 Å². The van der Waals surface area contributed by atoms with Gasteiger partial charge in [0.05, 0.1) is 5.69 Å². The largest absolute Gasteiger partial charge is 0.356 e. The van der Waals surface area contributed by atoms with Gasteiger partial charge in [0.15, 0.2) is 0 Å². The zero-order valence-electron chi connectivity index (χ0n) is 11.7. The van der Waals surface area contributed by atoms with Crippen molar-refractivity contribution in [1.29, 1.82) is 0 Å². The van der Waals surface area contributed by atoms with Crippen LogP contribution >= 0.6 is 11.6 Å². The van der Waals surface area contributed by atoms with Crippen molar-refractivity contribution in [2.24, 2.45) is 5.92 Å². The Kier molecular flexibility index (Phi) is 3.81. The Bertz CT molecular complexity index is 426. The highest BCUT2D eigenvalue weighted by atomic mass is 35.5. The van der Waals surface area contributed by atoms with Gasteiger partial charge in [-0.05, 0) is 30.4 Å². The van der Waals surface area contributed by atoms with E-state index in [-0.39, 0.29) is 5.41 Å². The van der Waals surface area contributed by atoms with Gasteiger partial charge in [0, 0.05) is 24.6 Å². The summed E-state index contributed by atoms with van der Waals surface area (Å²) in [7, 11) is 0. The topological polar surface area (TPSA) is 29.0 Å². The average Bonchev–Trinajstić information content (AvgIpc) is 2.27. The number of hydrogen-bond donors (Lipinski definition) is 0. The molecule has 1 unspecified atom stereocenters. The molecule has 2 rings (SSSR count). The molecule has 0 aromatic carbocycles. The molecular formula is C14H22ClN3. The first-order chi connectivity index (χ1) is 8.36. The van der Waals surface area contributed by atoms with Gasteiger partial charge in [0.25, 0.3) is 0 Å². The molecule has 100 valence electrons. The van der Waals surface area contributed by atoms with E-state index >= 15 is 0 Å². The minimum Gasteiger partial charge on any atom is -0.356 e. The minimum absolute atomic E-state index is 0.00271. The Hall–Kier alpha value is -0.830. The Balaban J connectivity index is 2.30. The van der Waals surface area contributed by atoms with Crippen LogP contribution in [0.2, 0.25) is 5.28 Å². The molecule has 0 aliphatic carbocycles. The van der Waals surface area contributed by atoms with Gasteiger partial charge in [-0.1, -0.05) is 27.7 Å². The van der Waals surface area contributed by atoms with Gasteiger partial charge in [-0.15, -0.1) is 0 Å². The van der Waals surface area contributed by atoms with Crippen molar-refractivity contribution in [3.63, 3.8) is 0 Å². The highest BCUT2D eigenvalue weighted by molar-refractivity contribution is 6.28. The monoisotopic (exact) mass is 267 g/mol. The van der Waals surface area contributed by atoms with Crippen LogP contribution in [0.15, 0.2) is 6.07 Å². The molecule has 0 amide bonds. The van der Waals surface area contributed by atoms with Crippen LogP contribution in [-0.4, -0.2) is 23.1 Å². The van der Waals surface area contributed by atoms with Crippen LogP contribution in [0.25, 0.3) is 0 Å². The predicted octanol–water partition coefficient (Wildman–Crippen LogP) is 3.66. The number of rotatable bonds is 1. The maximum atomic E-state index is 6.06. The standard InChI is InChI=1S/C14H22ClN3/c1-10-6-5-7-18(9-10)12-8-11(14(2,3)4)16-13(15)17-12/h8,10H,5-7,9H2,1-4H3. The minimum atomic E-state index is 0.00271. The average molecular weight is 268 g/mol. The van der Waals surface area contributed by atoms with E-state index in [0.717, 1.165) is 30.5 Å². The maximum absolute atomic E-state index is 6.06. The van der Waals surface area contributed by atoms with Crippen molar-refractivity contribution in [2.45, 2.75) is 46.0 Å². The van der Waals surface area contributed by atoms with Crippen LogP contribution in [-0.2, 0) is 5.41 Å². The van der Waals surface area contributed by atoms with Crippen molar-refractivity contribution >= 4 is 17.4 Å². The Morgan fingerprint density at radius 3 is 2.67 bits per heavy atom. The second kappa shape index (κ2) is 5.04. The zero-order chi connectivity index (χ0) is 13.3. The number of piperidine rings is 1. The van der Waals surface area contributed by atoms with E-state index in [9.17, 15) is 0 Å². The van der Waals surface area contributed by atoms with Gasteiger partial charge >= 0.3 is 0 Å². The van der Waals surface area contributed by atoms with Crippen molar-refractivity contribution < 1.29 is 0 Å². The van der Waals surface area contributed by atoms with E-state index in [0.29, 0.717) is 5.28 Å². The van der Waals surface area contributed by atoms with Crippen LogP contribution in [0.1, 0.15) is 46.2 Å². The second-order valence-electron chi connectivity index (χ2n) is 6.32. The lowest BCUT2D eigenvalue weighted by Crippen LogP contribution is -2.35. The SMILES string of the molecule is CC1CCCN(c2cc(C(C)(C)C)nc(Cl)n2)C1. The van der Waals surface area contributed by atoms with Gasteiger partial charge in [-0.2, -0.15) is 0 Å². The van der Waals surface area contributed by atoms with Crippen LogP contribution in [0.4, 0.5) is 5.82 Å². The Labute approximate surface area is 115 Å². The lowest BCUT2D eigenvalue weighted by molar-refractivity contribution is 0.444. The van der Waals surface area contributed by atoms with Crippen molar-refractivity contribution in [1.82, 2.24) is 9.97 Å². The maximum Gasteiger partial charge on any atom is 0.224 e. The highest BCUT2D eigenvalue weighted by Gasteiger charge is 2.22. The van der Waals surface area contributed by atoms with Crippen LogP contribution in [0.5, 0.6) is 0 Å². The molecule has 3 nitrogen and oxygen atoms in total. The van der Waals surface area contributed by atoms with Crippen molar-refractivity contribution in [3.8, 4) is 0 Å². The molecule has 1 fully saturated rings. The number of anilines is 1. The molecule has 0 bridgehead atoms. The molecule has 4 heteroatoms. The smallest absolute Gasteiger partial charge is 0.224 e. The summed E-state index contributed by atoms with van der Waals surface area (Å²) in [5.41, 5.74) is 1.01. The third kappa shape index (κ3) is 3.14. The first-order valence-corrected chi connectivity index (χ1v) is 7.04. The van der Waals surface area contributed by atoms with Crippen LogP contribution in [0.3, 0.4) is 0 Å². The van der Waals surface area contributed by atoms with Gasteiger partial charge in [0.2, 0.25) is 5.28 Å². The first-order valence-electron chi connectivity index (χ1n) is 6.66. The van der Waals surface area contributed by atoms with Crippen LogP contribution in [0, 0.1) is 5.92 Å². The molecule has 2 heterocycles. The summed E-state index contributed by atoms with van der Waals surface area (Å²) in [6.07, 6.45) is 2.54. The molecular weight excluding hydrogens is 246 g/mol. The van der Waals surface area contributed by atoms with Gasteiger partial charge in [0.1, 0.15) is 5.82 Å². The fourth-order valence-electron chi connectivity index (χ4n) is 2.35. The Morgan fingerprint density at radius 1 is 1.33 bits per heavy atom. The van der Waals surface area contributed by atoms with Crippen molar-refractivity contribution in [3.05, 3.63) is 17.0 Å². The number of aromatic nitrogens is 2. The van der Waals surface area contributed by atoms with E-state index in [1.54, 1.807) is 0 Å². The second-order valence-corrected chi connectivity index (χ2v) is 6.66. The molecule has 1 aromatic heterocycles. The summed E-state index contributed by atoms with van der Waals surface area (Å²) in [6, 6.07) is 2.09. The predicted molar refractivity (Wildman–Crippen MR) is 76.4 cm³/mol. The number of halogens is 1. The molecule has 0 N–H and O–H groups in total. The summed E-state index contributed by atoms with van der Waals surface area (Å²) in [6.45, 7) is 10.9.